The van der Waals surface area contributed by atoms with Crippen LogP contribution in [0.1, 0.15) is 81.9 Å². The van der Waals surface area contributed by atoms with Crippen LogP contribution in [-0.4, -0.2) is 5.54 Å². The molecular weight excluding hydrogens is 278 g/mol. The minimum Gasteiger partial charge on any atom is -1.00 e. The highest BCUT2D eigenvalue weighted by atomic mass is 35.5. The summed E-state index contributed by atoms with van der Waals surface area (Å²) in [5.74, 6) is 0.745. The lowest BCUT2D eigenvalue weighted by molar-refractivity contribution is -0.665. The molecule has 2 heteroatoms. The highest BCUT2D eigenvalue weighted by Gasteiger charge is 2.43. The Bertz CT molecular complexity index is 489. The number of hydrogen-bond donors (Lipinski definition) is 1. The summed E-state index contributed by atoms with van der Waals surface area (Å²) < 4.78 is 0. The number of aryl methyl sites for hydroxylation is 2. The lowest BCUT2D eigenvalue weighted by Gasteiger charge is -2.42. The molecule has 1 heterocycles. The van der Waals surface area contributed by atoms with Crippen molar-refractivity contribution >= 4 is 5.69 Å². The number of halogens is 1. The highest BCUT2D eigenvalue weighted by Crippen LogP contribution is 2.42. The summed E-state index contributed by atoms with van der Waals surface area (Å²) in [6.45, 7) is 7.08. The van der Waals surface area contributed by atoms with Crippen molar-refractivity contribution in [1.82, 2.24) is 0 Å². The summed E-state index contributed by atoms with van der Waals surface area (Å²) in [6, 6.07) is 4.78. The van der Waals surface area contributed by atoms with Gasteiger partial charge >= 0.3 is 0 Å². The van der Waals surface area contributed by atoms with Gasteiger partial charge in [-0.15, -0.1) is 0 Å². The van der Waals surface area contributed by atoms with E-state index in [9.17, 15) is 0 Å². The Labute approximate surface area is 136 Å². The molecule has 1 unspecified atom stereocenters. The van der Waals surface area contributed by atoms with Gasteiger partial charge in [-0.05, 0) is 37.2 Å². The van der Waals surface area contributed by atoms with E-state index in [1.165, 1.54) is 51.4 Å². The monoisotopic (exact) mass is 307 g/mol. The van der Waals surface area contributed by atoms with Crippen LogP contribution in [0.25, 0.3) is 0 Å². The van der Waals surface area contributed by atoms with Crippen LogP contribution in [0.15, 0.2) is 12.1 Å². The molecule has 1 fully saturated rings. The van der Waals surface area contributed by atoms with Gasteiger partial charge in [0.25, 0.3) is 0 Å². The Morgan fingerprint density at radius 1 is 1.05 bits per heavy atom. The molecule has 0 bridgehead atoms. The highest BCUT2D eigenvalue weighted by molar-refractivity contribution is 5.54. The van der Waals surface area contributed by atoms with E-state index in [0.29, 0.717) is 5.54 Å². The van der Waals surface area contributed by atoms with Crippen LogP contribution in [0, 0.1) is 0 Å². The lowest BCUT2D eigenvalue weighted by Crippen LogP contribution is -3.00. The molecule has 1 aliphatic heterocycles. The molecule has 0 amide bonds. The number of hydrogen-bond acceptors (Lipinski definition) is 0. The maximum absolute atomic E-state index is 2.71. The van der Waals surface area contributed by atoms with Gasteiger partial charge in [-0.3, -0.25) is 0 Å². The van der Waals surface area contributed by atoms with E-state index < -0.39 is 0 Å². The van der Waals surface area contributed by atoms with Gasteiger partial charge in [0.2, 0.25) is 0 Å². The van der Waals surface area contributed by atoms with Crippen molar-refractivity contribution in [1.29, 1.82) is 0 Å². The summed E-state index contributed by atoms with van der Waals surface area (Å²) in [5.41, 5.74) is 7.01. The van der Waals surface area contributed by atoms with Crippen molar-refractivity contribution < 1.29 is 17.7 Å². The second kappa shape index (κ2) is 6.71. The summed E-state index contributed by atoms with van der Waals surface area (Å²) in [7, 11) is 0. The van der Waals surface area contributed by atoms with Crippen LogP contribution in [0.3, 0.4) is 0 Å². The molecule has 1 aliphatic carbocycles. The van der Waals surface area contributed by atoms with Crippen LogP contribution in [0.2, 0.25) is 0 Å². The third kappa shape index (κ3) is 3.00. The Morgan fingerprint density at radius 3 is 2.29 bits per heavy atom. The third-order valence-corrected chi connectivity index (χ3v) is 5.73. The molecule has 118 valence electrons. The van der Waals surface area contributed by atoms with Gasteiger partial charge in [0.1, 0.15) is 11.2 Å². The van der Waals surface area contributed by atoms with Crippen molar-refractivity contribution in [3.05, 3.63) is 28.8 Å². The van der Waals surface area contributed by atoms with E-state index in [0.717, 1.165) is 5.92 Å². The van der Waals surface area contributed by atoms with Crippen molar-refractivity contribution in [3.63, 3.8) is 0 Å². The smallest absolute Gasteiger partial charge is 0.136 e. The summed E-state index contributed by atoms with van der Waals surface area (Å²) in [4.78, 5) is 0. The van der Waals surface area contributed by atoms with Gasteiger partial charge in [0.05, 0.1) is 0 Å². The first kappa shape index (κ1) is 16.8. The zero-order valence-electron chi connectivity index (χ0n) is 13.8. The minimum atomic E-state index is 0. The van der Waals surface area contributed by atoms with Gasteiger partial charge in [0, 0.05) is 30.4 Å². The molecule has 2 N–H and O–H groups in total. The van der Waals surface area contributed by atoms with E-state index in [4.69, 9.17) is 0 Å². The van der Waals surface area contributed by atoms with E-state index in [2.05, 4.69) is 38.2 Å². The van der Waals surface area contributed by atoms with E-state index >= 15 is 0 Å². The van der Waals surface area contributed by atoms with Gasteiger partial charge in [-0.1, -0.05) is 39.3 Å². The van der Waals surface area contributed by atoms with Crippen LogP contribution in [-0.2, 0) is 12.8 Å². The fourth-order valence-electron chi connectivity index (χ4n) is 4.78. The van der Waals surface area contributed by atoms with E-state index in [1.54, 1.807) is 22.4 Å². The maximum atomic E-state index is 2.71. The molecule has 0 radical (unpaired) electrons. The second-order valence-corrected chi connectivity index (χ2v) is 7.09. The predicted octanol–water partition coefficient (Wildman–Crippen LogP) is 1.22. The molecule has 1 spiro atoms. The fraction of sp³-hybridized carbons (Fsp3) is 0.684. The largest absolute Gasteiger partial charge is 1.00 e. The average molecular weight is 308 g/mol. The Hall–Kier alpha value is -0.530. The van der Waals surface area contributed by atoms with Gasteiger partial charge in [-0.2, -0.15) is 0 Å². The first-order valence-electron chi connectivity index (χ1n) is 8.69. The van der Waals surface area contributed by atoms with E-state index in [-0.39, 0.29) is 12.4 Å². The standard InChI is InChI=1S/C19H29N.ClH/c1-4-15-9-10-16(5-2)18-17(15)14(3)13-19(20-18)11-7-6-8-12-19;/h9-10,14,20H,4-8,11-13H2,1-3H3;1H. The number of benzene rings is 1. The van der Waals surface area contributed by atoms with Gasteiger partial charge < -0.3 is 17.7 Å². The number of fused-ring (bicyclic) bond motifs is 1. The number of quaternary nitrogens is 1. The molecule has 0 aromatic heterocycles. The molecule has 1 nitrogen and oxygen atoms in total. The Morgan fingerprint density at radius 2 is 1.67 bits per heavy atom. The zero-order valence-corrected chi connectivity index (χ0v) is 14.6. The molecule has 21 heavy (non-hydrogen) atoms. The first-order valence-corrected chi connectivity index (χ1v) is 8.69. The van der Waals surface area contributed by atoms with Crippen molar-refractivity contribution in [2.24, 2.45) is 0 Å². The second-order valence-electron chi connectivity index (χ2n) is 7.09. The van der Waals surface area contributed by atoms with Crippen LogP contribution in [0.4, 0.5) is 5.69 Å². The van der Waals surface area contributed by atoms with Crippen molar-refractivity contribution in [3.8, 4) is 0 Å². The SMILES string of the molecule is CCc1ccc(CC)c2c1[NH2+]C1(CCCCC1)CC2C.[Cl-]. The summed E-state index contributed by atoms with van der Waals surface area (Å²) in [6.07, 6.45) is 10.9. The molecule has 3 rings (SSSR count). The normalized spacial score (nSPS) is 23.5. The molecule has 1 aromatic carbocycles. The fourth-order valence-corrected chi connectivity index (χ4v) is 4.78. The Kier molecular flexibility index (Phi) is 5.38. The Balaban J connectivity index is 0.00000161. The van der Waals surface area contributed by atoms with Crippen LogP contribution < -0.4 is 17.7 Å². The van der Waals surface area contributed by atoms with E-state index in [1.807, 2.05) is 0 Å². The molecular formula is C19H30ClN. The summed E-state index contributed by atoms with van der Waals surface area (Å²) in [5, 5.41) is 2.71. The summed E-state index contributed by atoms with van der Waals surface area (Å²) >= 11 is 0. The number of nitrogens with two attached hydrogens (primary N) is 1. The lowest BCUT2D eigenvalue weighted by atomic mass is 9.70. The van der Waals surface area contributed by atoms with Crippen LogP contribution >= 0.6 is 0 Å². The third-order valence-electron chi connectivity index (χ3n) is 5.73. The topological polar surface area (TPSA) is 16.6 Å². The van der Waals surface area contributed by atoms with Gasteiger partial charge in [0.15, 0.2) is 0 Å². The van der Waals surface area contributed by atoms with Crippen molar-refractivity contribution in [2.45, 2.75) is 83.6 Å². The number of rotatable bonds is 2. The molecule has 1 atom stereocenters. The average Bonchev–Trinajstić information content (AvgIpc) is 2.46. The maximum Gasteiger partial charge on any atom is 0.136 e. The van der Waals surface area contributed by atoms with Gasteiger partial charge in [-0.25, -0.2) is 0 Å². The zero-order chi connectivity index (χ0) is 14.2. The first-order chi connectivity index (χ1) is 9.69. The minimum absolute atomic E-state index is 0. The molecule has 1 aromatic rings. The molecule has 1 saturated carbocycles. The quantitative estimate of drug-likeness (QED) is 0.791. The molecule has 0 saturated heterocycles. The molecule has 2 aliphatic rings. The predicted molar refractivity (Wildman–Crippen MR) is 85.6 cm³/mol. The van der Waals surface area contributed by atoms with Crippen molar-refractivity contribution in [2.75, 3.05) is 0 Å². The van der Waals surface area contributed by atoms with Crippen LogP contribution in [0.5, 0.6) is 0 Å².